The van der Waals surface area contributed by atoms with Crippen LogP contribution in [0.15, 0.2) is 36.5 Å². The van der Waals surface area contributed by atoms with E-state index in [4.69, 9.17) is 4.74 Å². The maximum atomic E-state index is 14.2. The summed E-state index contributed by atoms with van der Waals surface area (Å²) >= 11 is 0. The first kappa shape index (κ1) is 20.8. The van der Waals surface area contributed by atoms with Crippen molar-refractivity contribution in [3.63, 3.8) is 0 Å². The average Bonchev–Trinajstić information content (AvgIpc) is 3.16. The lowest BCUT2D eigenvalue weighted by atomic mass is 9.82. The highest BCUT2D eigenvalue weighted by molar-refractivity contribution is 5.83. The number of nitrogens with zero attached hydrogens (tertiary/aromatic N) is 2. The largest absolute Gasteiger partial charge is 0.496 e. The van der Waals surface area contributed by atoms with Gasteiger partial charge >= 0.3 is 0 Å². The number of aromatic nitrogens is 2. The van der Waals surface area contributed by atoms with Gasteiger partial charge in [0.25, 0.3) is 5.92 Å². The molecule has 2 aromatic carbocycles. The van der Waals surface area contributed by atoms with Crippen molar-refractivity contribution in [3.8, 4) is 5.75 Å². The summed E-state index contributed by atoms with van der Waals surface area (Å²) in [6.07, 6.45) is 2.53. The third-order valence-corrected chi connectivity index (χ3v) is 6.14. The van der Waals surface area contributed by atoms with Crippen LogP contribution in [0.3, 0.4) is 0 Å². The molecule has 3 aromatic rings. The second kappa shape index (κ2) is 7.65. The van der Waals surface area contributed by atoms with Gasteiger partial charge < -0.3 is 4.74 Å². The number of aromatic amines is 1. The summed E-state index contributed by atoms with van der Waals surface area (Å²) in [4.78, 5) is 1.92. The summed E-state index contributed by atoms with van der Waals surface area (Å²) in [5, 5.41) is 8.28. The van der Waals surface area contributed by atoms with Crippen LogP contribution in [0.2, 0.25) is 0 Å². The van der Waals surface area contributed by atoms with Crippen LogP contribution in [0.4, 0.5) is 8.78 Å². The summed E-state index contributed by atoms with van der Waals surface area (Å²) in [6, 6.07) is 9.83. The van der Waals surface area contributed by atoms with E-state index in [1.54, 1.807) is 7.11 Å². The van der Waals surface area contributed by atoms with Crippen LogP contribution in [-0.4, -0.2) is 40.7 Å². The number of hydrogen-bond donors (Lipinski definition) is 1. The highest BCUT2D eigenvalue weighted by atomic mass is 19.3. The quantitative estimate of drug-likeness (QED) is 0.585. The Bertz CT molecular complexity index is 1050. The molecule has 0 saturated carbocycles. The maximum Gasteiger partial charge on any atom is 0.257 e. The minimum atomic E-state index is -2.80. The third kappa shape index (κ3) is 3.69. The Morgan fingerprint density at radius 2 is 1.97 bits per heavy atom. The number of rotatable bonds is 5. The molecule has 0 bridgehead atoms. The third-order valence-electron chi connectivity index (χ3n) is 6.14. The van der Waals surface area contributed by atoms with Crippen molar-refractivity contribution in [2.24, 2.45) is 0 Å². The molecule has 2 atom stereocenters. The van der Waals surface area contributed by atoms with E-state index in [0.29, 0.717) is 12.3 Å². The zero-order valence-electron chi connectivity index (χ0n) is 18.2. The van der Waals surface area contributed by atoms with Crippen molar-refractivity contribution < 1.29 is 13.5 Å². The fourth-order valence-corrected chi connectivity index (χ4v) is 4.65. The minimum Gasteiger partial charge on any atom is -0.496 e. The molecule has 1 aromatic heterocycles. The Balaban J connectivity index is 1.93. The van der Waals surface area contributed by atoms with Crippen molar-refractivity contribution in [1.82, 2.24) is 15.1 Å². The van der Waals surface area contributed by atoms with Crippen LogP contribution >= 0.6 is 0 Å². The predicted octanol–water partition coefficient (Wildman–Crippen LogP) is 5.69. The highest BCUT2D eigenvalue weighted by Crippen LogP contribution is 2.44. The molecule has 0 aliphatic carbocycles. The van der Waals surface area contributed by atoms with E-state index in [0.717, 1.165) is 40.3 Å². The molecule has 0 fully saturated rings. The first-order valence-electron chi connectivity index (χ1n) is 10.5. The molecule has 0 saturated heterocycles. The van der Waals surface area contributed by atoms with Gasteiger partial charge in [-0.3, -0.25) is 10.00 Å². The van der Waals surface area contributed by atoms with Crippen LogP contribution in [-0.2, 0) is 6.42 Å². The Hall–Kier alpha value is -2.47. The van der Waals surface area contributed by atoms with E-state index < -0.39 is 5.92 Å². The van der Waals surface area contributed by atoms with E-state index in [-0.39, 0.29) is 18.6 Å². The first-order valence-corrected chi connectivity index (χ1v) is 10.5. The molecule has 0 radical (unpaired) electrons. The zero-order chi connectivity index (χ0) is 21.6. The van der Waals surface area contributed by atoms with Gasteiger partial charge in [-0.05, 0) is 48.1 Å². The molecular weight excluding hydrogens is 384 g/mol. The normalized spacial score (nSPS) is 20.0. The lowest BCUT2D eigenvalue weighted by Gasteiger charge is -2.43. The second-order valence-corrected chi connectivity index (χ2v) is 8.82. The van der Waals surface area contributed by atoms with Gasteiger partial charge in [-0.15, -0.1) is 0 Å². The second-order valence-electron chi connectivity index (χ2n) is 8.82. The molecule has 0 spiro atoms. The van der Waals surface area contributed by atoms with Crippen LogP contribution in [0.25, 0.3) is 10.9 Å². The number of nitrogens with one attached hydrogen (secondary N) is 1. The van der Waals surface area contributed by atoms with Crippen LogP contribution in [0.1, 0.15) is 61.9 Å². The Kier molecular flexibility index (Phi) is 5.30. The molecule has 30 heavy (non-hydrogen) atoms. The summed E-state index contributed by atoms with van der Waals surface area (Å²) < 4.78 is 34.2. The van der Waals surface area contributed by atoms with Crippen molar-refractivity contribution in [1.29, 1.82) is 0 Å². The number of methoxy groups -OCH3 is 1. The van der Waals surface area contributed by atoms with Gasteiger partial charge in [0, 0.05) is 23.9 Å². The predicted molar refractivity (Wildman–Crippen MR) is 116 cm³/mol. The molecule has 1 N–H and O–H groups in total. The minimum absolute atomic E-state index is 0.0525. The average molecular weight is 414 g/mol. The number of fused-ring (bicyclic) bond motifs is 3. The molecule has 160 valence electrons. The zero-order valence-corrected chi connectivity index (χ0v) is 18.2. The molecule has 1 aliphatic rings. The van der Waals surface area contributed by atoms with Gasteiger partial charge in [-0.25, -0.2) is 8.78 Å². The van der Waals surface area contributed by atoms with Crippen LogP contribution < -0.4 is 4.74 Å². The first-order chi connectivity index (χ1) is 14.2. The van der Waals surface area contributed by atoms with Crippen molar-refractivity contribution in [2.45, 2.75) is 58.0 Å². The van der Waals surface area contributed by atoms with E-state index in [9.17, 15) is 8.78 Å². The Labute approximate surface area is 176 Å². The molecule has 4 rings (SSSR count). The monoisotopic (exact) mass is 413 g/mol. The molecule has 0 amide bonds. The van der Waals surface area contributed by atoms with Gasteiger partial charge in [-0.1, -0.05) is 32.0 Å². The van der Waals surface area contributed by atoms with Gasteiger partial charge in [0.2, 0.25) is 0 Å². The molecular formula is C24H29F2N3O. The SMILES string of the molecule is COc1cc(C(C)C)ccc1C1c2ccc3[nH]ncc3c2C[C@@H](C)N1CC(C)(F)F. The van der Waals surface area contributed by atoms with E-state index >= 15 is 0 Å². The lowest BCUT2D eigenvalue weighted by molar-refractivity contribution is -0.0364. The lowest BCUT2D eigenvalue weighted by Crippen LogP contribution is -2.47. The number of benzene rings is 2. The summed E-state index contributed by atoms with van der Waals surface area (Å²) in [6.45, 7) is 6.97. The Morgan fingerprint density at radius 1 is 1.23 bits per heavy atom. The molecule has 1 unspecified atom stereocenters. The topological polar surface area (TPSA) is 41.1 Å². The summed E-state index contributed by atoms with van der Waals surface area (Å²) in [5.41, 5.74) is 5.27. The number of halogens is 2. The van der Waals surface area contributed by atoms with E-state index in [1.807, 2.05) is 42.3 Å². The van der Waals surface area contributed by atoms with Crippen LogP contribution in [0.5, 0.6) is 5.75 Å². The van der Waals surface area contributed by atoms with Crippen molar-refractivity contribution in [2.75, 3.05) is 13.7 Å². The van der Waals surface area contributed by atoms with E-state index in [2.05, 4.69) is 30.1 Å². The standard InChI is InChI=1S/C24H29F2N3O/c1-14(2)16-6-7-18(22(11-16)30-5)23-17-8-9-21-20(12-27-28-21)19(17)10-15(3)29(23)13-24(4,25)26/h6-9,11-12,14-15,23H,10,13H2,1-5H3,(H,27,28)/t15-,23?/m1/s1. The van der Waals surface area contributed by atoms with E-state index in [1.165, 1.54) is 5.56 Å². The molecule has 1 aliphatic heterocycles. The number of hydrogen-bond acceptors (Lipinski definition) is 3. The van der Waals surface area contributed by atoms with Gasteiger partial charge in [0.1, 0.15) is 5.75 Å². The van der Waals surface area contributed by atoms with Crippen molar-refractivity contribution in [3.05, 3.63) is 58.8 Å². The van der Waals surface area contributed by atoms with Crippen molar-refractivity contribution >= 4 is 10.9 Å². The highest BCUT2D eigenvalue weighted by Gasteiger charge is 2.40. The molecule has 2 heterocycles. The molecule has 4 nitrogen and oxygen atoms in total. The number of ether oxygens (including phenoxy) is 1. The van der Waals surface area contributed by atoms with Crippen LogP contribution in [0, 0.1) is 0 Å². The smallest absolute Gasteiger partial charge is 0.257 e. The Morgan fingerprint density at radius 3 is 2.63 bits per heavy atom. The van der Waals surface area contributed by atoms with Gasteiger partial charge in [0.15, 0.2) is 0 Å². The summed E-state index contributed by atoms with van der Waals surface area (Å²) in [5.74, 6) is -1.70. The number of H-pyrrole nitrogens is 1. The van der Waals surface area contributed by atoms with Gasteiger partial charge in [-0.2, -0.15) is 5.10 Å². The number of alkyl halides is 2. The summed E-state index contributed by atoms with van der Waals surface area (Å²) in [7, 11) is 1.65. The molecule has 6 heteroatoms. The van der Waals surface area contributed by atoms with Gasteiger partial charge in [0.05, 0.1) is 31.4 Å². The fourth-order valence-electron chi connectivity index (χ4n) is 4.65. The maximum absolute atomic E-state index is 14.2. The fraction of sp³-hybridized carbons (Fsp3) is 0.458.